The number of nitrogens with zero attached hydrogens (tertiary/aromatic N) is 1. The number of aryl methyl sites for hydroxylation is 2. The van der Waals surface area contributed by atoms with Crippen LogP contribution < -0.4 is 16.4 Å². The van der Waals surface area contributed by atoms with E-state index < -0.39 is 41.2 Å². The molecule has 0 unspecified atom stereocenters. The second-order valence-electron chi connectivity index (χ2n) is 11.8. The van der Waals surface area contributed by atoms with E-state index in [9.17, 15) is 19.5 Å². The number of aromatic nitrogens is 1. The number of primary amides is 1. The van der Waals surface area contributed by atoms with Crippen molar-refractivity contribution in [1.29, 1.82) is 0 Å². The Morgan fingerprint density at radius 3 is 2.29 bits per heavy atom. The molecule has 41 heavy (non-hydrogen) atoms. The van der Waals surface area contributed by atoms with Crippen molar-refractivity contribution in [3.8, 4) is 11.1 Å². The molecular weight excluding hydrogens is 516 g/mol. The fourth-order valence-corrected chi connectivity index (χ4v) is 5.05. The van der Waals surface area contributed by atoms with Gasteiger partial charge in [-0.2, -0.15) is 0 Å². The number of nitrogens with one attached hydrogen (secondary N) is 2. The van der Waals surface area contributed by atoms with Crippen LogP contribution in [-0.2, 0) is 20.8 Å². The summed E-state index contributed by atoms with van der Waals surface area (Å²) >= 11 is 0. The zero-order valence-electron chi connectivity index (χ0n) is 24.6. The minimum atomic E-state index is -2.07. The highest BCUT2D eigenvalue weighted by atomic mass is 16.3. The Labute approximate surface area is 242 Å². The van der Waals surface area contributed by atoms with Gasteiger partial charge in [0.25, 0.3) is 5.91 Å². The monoisotopic (exact) mass is 558 g/mol. The summed E-state index contributed by atoms with van der Waals surface area (Å²) in [6.07, 6.45) is 3.75. The lowest BCUT2D eigenvalue weighted by atomic mass is 9.84. The number of aliphatic hydroxyl groups is 1. The number of carbonyl (C=O) groups is 3. The molecule has 1 heterocycles. The second-order valence-corrected chi connectivity index (χ2v) is 11.8. The van der Waals surface area contributed by atoms with E-state index in [2.05, 4.69) is 40.7 Å². The second kappa shape index (κ2) is 13.5. The first-order valence-corrected chi connectivity index (χ1v) is 14.0. The van der Waals surface area contributed by atoms with E-state index in [4.69, 9.17) is 5.73 Å². The van der Waals surface area contributed by atoms with Crippen molar-refractivity contribution in [3.05, 3.63) is 89.7 Å². The van der Waals surface area contributed by atoms with Crippen molar-refractivity contribution in [2.24, 2.45) is 11.1 Å². The molecule has 0 saturated heterocycles. The summed E-state index contributed by atoms with van der Waals surface area (Å²) in [6, 6.07) is 18.4. The maximum absolute atomic E-state index is 13.5. The van der Waals surface area contributed by atoms with E-state index >= 15 is 0 Å². The molecule has 2 aromatic carbocycles. The van der Waals surface area contributed by atoms with Crippen LogP contribution in [0.4, 0.5) is 0 Å². The average molecular weight is 559 g/mol. The summed E-state index contributed by atoms with van der Waals surface area (Å²) < 4.78 is 0. The molecule has 0 saturated carbocycles. The van der Waals surface area contributed by atoms with Crippen molar-refractivity contribution >= 4 is 17.7 Å². The van der Waals surface area contributed by atoms with Crippen LogP contribution in [0, 0.1) is 12.3 Å². The van der Waals surface area contributed by atoms with E-state index in [1.807, 2.05) is 64.1 Å². The van der Waals surface area contributed by atoms with Gasteiger partial charge in [-0.1, -0.05) is 75.4 Å². The summed E-state index contributed by atoms with van der Waals surface area (Å²) in [5.74, 6) is -2.01. The van der Waals surface area contributed by atoms with Crippen LogP contribution in [-0.4, -0.2) is 39.5 Å². The Balaban J connectivity index is 1.77. The molecule has 0 aliphatic rings. The molecule has 3 aromatic rings. The first-order valence-electron chi connectivity index (χ1n) is 14.0. The van der Waals surface area contributed by atoms with Gasteiger partial charge in [-0.25, -0.2) is 0 Å². The Hall–Kier alpha value is -4.04. The van der Waals surface area contributed by atoms with Crippen LogP contribution in [0.2, 0.25) is 0 Å². The number of carbonyl (C=O) groups excluding carboxylic acids is 3. The number of rotatable bonds is 12. The van der Waals surface area contributed by atoms with Crippen molar-refractivity contribution in [2.75, 3.05) is 0 Å². The summed E-state index contributed by atoms with van der Waals surface area (Å²) in [4.78, 5) is 42.9. The molecule has 218 valence electrons. The lowest BCUT2D eigenvalue weighted by molar-refractivity contribution is -0.148. The standard InChI is InChI=1S/C33H42N4O4/c1-22-12-9-15-25(28(22)24-13-7-6-8-14-24)16-10-18-33(41,20-27(34)38)31(40)37-29(32(3,4)5)30(39)36-23(2)26-17-11-19-35-21-26/h6-9,11-15,17,19,21,23,29,41H,10,16,18,20H2,1-5H3,(H2,34,38)(H,36,39)(H,37,40)/t23-,29-,33-/m1/s1. The van der Waals surface area contributed by atoms with E-state index in [0.717, 1.165) is 27.8 Å². The van der Waals surface area contributed by atoms with E-state index in [0.29, 0.717) is 12.8 Å². The maximum atomic E-state index is 13.5. The summed E-state index contributed by atoms with van der Waals surface area (Å²) in [5.41, 5.74) is 7.93. The maximum Gasteiger partial charge on any atom is 0.253 e. The fourth-order valence-electron chi connectivity index (χ4n) is 5.05. The summed E-state index contributed by atoms with van der Waals surface area (Å²) in [5, 5.41) is 17.1. The molecule has 0 fully saturated rings. The van der Waals surface area contributed by atoms with Gasteiger partial charge in [0.1, 0.15) is 6.04 Å². The number of hydrogen-bond acceptors (Lipinski definition) is 5. The lowest BCUT2D eigenvalue weighted by Gasteiger charge is -2.35. The molecule has 5 N–H and O–H groups in total. The predicted octanol–water partition coefficient (Wildman–Crippen LogP) is 4.39. The Kier molecular flexibility index (Phi) is 10.4. The van der Waals surface area contributed by atoms with Gasteiger partial charge in [-0.05, 0) is 72.4 Å². The van der Waals surface area contributed by atoms with Crippen molar-refractivity contribution in [2.45, 2.75) is 78.0 Å². The Bertz CT molecular complexity index is 1340. The van der Waals surface area contributed by atoms with E-state index in [1.165, 1.54) is 0 Å². The quantitative estimate of drug-likeness (QED) is 0.262. The van der Waals surface area contributed by atoms with Crippen LogP contribution in [0.5, 0.6) is 0 Å². The molecule has 3 rings (SSSR count). The molecule has 8 heteroatoms. The normalized spacial score (nSPS) is 14.4. The molecule has 1 aromatic heterocycles. The number of nitrogens with two attached hydrogens (primary N) is 1. The van der Waals surface area contributed by atoms with Crippen LogP contribution in [0.25, 0.3) is 11.1 Å². The molecule has 0 aliphatic heterocycles. The third kappa shape index (κ3) is 8.47. The first-order chi connectivity index (χ1) is 19.3. The summed E-state index contributed by atoms with van der Waals surface area (Å²) in [7, 11) is 0. The van der Waals surface area contributed by atoms with Crippen LogP contribution >= 0.6 is 0 Å². The van der Waals surface area contributed by atoms with Crippen LogP contribution in [0.1, 0.15) is 69.7 Å². The smallest absolute Gasteiger partial charge is 0.253 e. The van der Waals surface area contributed by atoms with Gasteiger partial charge in [0.15, 0.2) is 5.60 Å². The van der Waals surface area contributed by atoms with Gasteiger partial charge in [-0.3, -0.25) is 19.4 Å². The fraction of sp³-hybridized carbons (Fsp3) is 0.394. The topological polar surface area (TPSA) is 134 Å². The lowest BCUT2D eigenvalue weighted by Crippen LogP contribution is -2.59. The highest BCUT2D eigenvalue weighted by molar-refractivity contribution is 5.94. The van der Waals surface area contributed by atoms with Crippen molar-refractivity contribution < 1.29 is 19.5 Å². The Morgan fingerprint density at radius 1 is 0.976 bits per heavy atom. The van der Waals surface area contributed by atoms with Gasteiger partial charge >= 0.3 is 0 Å². The van der Waals surface area contributed by atoms with Crippen molar-refractivity contribution in [1.82, 2.24) is 15.6 Å². The molecule has 3 atom stereocenters. The number of amides is 3. The SMILES string of the molecule is Cc1cccc(CCC[C@@](O)(CC(N)=O)C(=O)N[C@H](C(=O)N[C@H](C)c2cccnc2)C(C)(C)C)c1-c1ccccc1. The van der Waals surface area contributed by atoms with Crippen LogP contribution in [0.3, 0.4) is 0 Å². The molecule has 8 nitrogen and oxygen atoms in total. The third-order valence-corrected chi connectivity index (χ3v) is 7.29. The number of hydrogen-bond donors (Lipinski definition) is 4. The zero-order chi connectivity index (χ0) is 30.2. The molecule has 0 spiro atoms. The van der Waals surface area contributed by atoms with Crippen molar-refractivity contribution in [3.63, 3.8) is 0 Å². The van der Waals surface area contributed by atoms with E-state index in [-0.39, 0.29) is 12.5 Å². The van der Waals surface area contributed by atoms with Gasteiger partial charge in [-0.15, -0.1) is 0 Å². The highest BCUT2D eigenvalue weighted by Gasteiger charge is 2.42. The molecule has 0 bridgehead atoms. The predicted molar refractivity (Wildman–Crippen MR) is 160 cm³/mol. The number of benzene rings is 2. The minimum Gasteiger partial charge on any atom is -0.379 e. The van der Waals surface area contributed by atoms with E-state index in [1.54, 1.807) is 18.5 Å². The molecule has 3 amide bonds. The average Bonchev–Trinajstić information content (AvgIpc) is 2.91. The first kappa shape index (κ1) is 31.5. The van der Waals surface area contributed by atoms with Gasteiger partial charge in [0, 0.05) is 12.4 Å². The summed E-state index contributed by atoms with van der Waals surface area (Å²) in [6.45, 7) is 9.34. The largest absolute Gasteiger partial charge is 0.379 e. The zero-order valence-corrected chi connectivity index (χ0v) is 24.6. The van der Waals surface area contributed by atoms with Gasteiger partial charge < -0.3 is 21.5 Å². The highest BCUT2D eigenvalue weighted by Crippen LogP contribution is 2.30. The molecule has 0 aliphatic carbocycles. The van der Waals surface area contributed by atoms with Crippen LogP contribution in [0.15, 0.2) is 73.1 Å². The molecular formula is C33H42N4O4. The van der Waals surface area contributed by atoms with Gasteiger partial charge in [0.05, 0.1) is 12.5 Å². The Morgan fingerprint density at radius 2 is 1.68 bits per heavy atom. The third-order valence-electron chi connectivity index (χ3n) is 7.29. The molecule has 0 radical (unpaired) electrons. The van der Waals surface area contributed by atoms with Gasteiger partial charge in [0.2, 0.25) is 11.8 Å². The minimum absolute atomic E-state index is 0.00544. The number of pyridine rings is 1.